The van der Waals surface area contributed by atoms with Crippen molar-refractivity contribution in [2.75, 3.05) is 19.7 Å². The number of hydrogen-bond acceptors (Lipinski definition) is 3. The fourth-order valence-electron chi connectivity index (χ4n) is 1.62. The average molecular weight is 230 g/mol. The summed E-state index contributed by atoms with van der Waals surface area (Å²) in [5.74, 6) is -0.914. The van der Waals surface area contributed by atoms with Crippen LogP contribution in [0.2, 0.25) is 0 Å². The highest BCUT2D eigenvalue weighted by atomic mass is 16.5. The molecule has 92 valence electrons. The summed E-state index contributed by atoms with van der Waals surface area (Å²) in [6.07, 6.45) is -0.0275. The van der Waals surface area contributed by atoms with E-state index in [-0.39, 0.29) is 24.6 Å². The molecule has 1 aliphatic heterocycles. The van der Waals surface area contributed by atoms with E-state index in [0.717, 1.165) is 0 Å². The first-order valence-corrected chi connectivity index (χ1v) is 5.38. The number of amides is 2. The predicted octanol–water partition coefficient (Wildman–Crippen LogP) is 0.280. The molecular weight excluding hydrogens is 212 g/mol. The minimum atomic E-state index is -0.914. The number of nitrogens with zero attached hydrogens (tertiary/aromatic N) is 1. The van der Waals surface area contributed by atoms with E-state index in [1.54, 1.807) is 11.8 Å². The highest BCUT2D eigenvalue weighted by molar-refractivity contribution is 5.76. The maximum absolute atomic E-state index is 11.7. The van der Waals surface area contributed by atoms with Crippen molar-refractivity contribution in [2.45, 2.75) is 32.4 Å². The van der Waals surface area contributed by atoms with Gasteiger partial charge in [-0.2, -0.15) is 0 Å². The number of aliphatic carboxylic acids is 1. The van der Waals surface area contributed by atoms with E-state index >= 15 is 0 Å². The molecule has 2 N–H and O–H groups in total. The van der Waals surface area contributed by atoms with Gasteiger partial charge >= 0.3 is 12.0 Å². The van der Waals surface area contributed by atoms with Gasteiger partial charge in [0.1, 0.15) is 0 Å². The van der Waals surface area contributed by atoms with Crippen molar-refractivity contribution in [2.24, 2.45) is 0 Å². The molecule has 0 radical (unpaired) electrons. The summed E-state index contributed by atoms with van der Waals surface area (Å²) in [5.41, 5.74) is 0. The number of carbonyl (C=O) groups is 2. The molecule has 16 heavy (non-hydrogen) atoms. The van der Waals surface area contributed by atoms with Crippen LogP contribution in [0.1, 0.15) is 20.3 Å². The zero-order valence-electron chi connectivity index (χ0n) is 9.60. The maximum atomic E-state index is 11.7. The standard InChI is InChI=1S/C10H18N2O4/c1-7(5-9(13)14)11-10(15)12-3-4-16-8(2)6-12/h7-8H,3-6H2,1-2H3,(H,11,15)(H,13,14). The van der Waals surface area contributed by atoms with Crippen LogP contribution in [-0.4, -0.2) is 53.8 Å². The van der Waals surface area contributed by atoms with Gasteiger partial charge in [-0.3, -0.25) is 4.79 Å². The van der Waals surface area contributed by atoms with Crippen LogP contribution in [0, 0.1) is 0 Å². The molecule has 0 aliphatic carbocycles. The number of hydrogen-bond donors (Lipinski definition) is 2. The minimum Gasteiger partial charge on any atom is -0.481 e. The number of carboxylic acids is 1. The van der Waals surface area contributed by atoms with Crippen molar-refractivity contribution in [3.8, 4) is 0 Å². The SMILES string of the molecule is CC(CC(=O)O)NC(=O)N1CCOC(C)C1. The van der Waals surface area contributed by atoms with Gasteiger partial charge in [0.2, 0.25) is 0 Å². The molecule has 2 atom stereocenters. The van der Waals surface area contributed by atoms with Crippen LogP contribution in [0.25, 0.3) is 0 Å². The second-order valence-corrected chi connectivity index (χ2v) is 4.08. The summed E-state index contributed by atoms with van der Waals surface area (Å²) in [6.45, 7) is 5.21. The summed E-state index contributed by atoms with van der Waals surface area (Å²) >= 11 is 0. The third-order valence-electron chi connectivity index (χ3n) is 2.38. The zero-order chi connectivity index (χ0) is 12.1. The number of carbonyl (C=O) groups excluding carboxylic acids is 1. The van der Waals surface area contributed by atoms with E-state index in [1.807, 2.05) is 6.92 Å². The normalized spacial score (nSPS) is 22.6. The average Bonchev–Trinajstić information content (AvgIpc) is 2.16. The lowest BCUT2D eigenvalue weighted by Gasteiger charge is -2.32. The van der Waals surface area contributed by atoms with Crippen LogP contribution < -0.4 is 5.32 Å². The monoisotopic (exact) mass is 230 g/mol. The van der Waals surface area contributed by atoms with Crippen LogP contribution in [0.4, 0.5) is 4.79 Å². The molecule has 0 spiro atoms. The second kappa shape index (κ2) is 5.69. The van der Waals surface area contributed by atoms with E-state index in [4.69, 9.17) is 9.84 Å². The second-order valence-electron chi connectivity index (χ2n) is 4.08. The molecule has 1 saturated heterocycles. The molecule has 0 aromatic rings. The predicted molar refractivity (Wildman–Crippen MR) is 57.2 cm³/mol. The molecule has 0 aromatic carbocycles. The number of carboxylic acid groups (broad SMARTS) is 1. The number of urea groups is 1. The smallest absolute Gasteiger partial charge is 0.317 e. The number of nitrogens with one attached hydrogen (secondary N) is 1. The van der Waals surface area contributed by atoms with Crippen molar-refractivity contribution >= 4 is 12.0 Å². The Hall–Kier alpha value is -1.30. The van der Waals surface area contributed by atoms with Gasteiger partial charge in [-0.15, -0.1) is 0 Å². The molecule has 6 heteroatoms. The largest absolute Gasteiger partial charge is 0.481 e. The van der Waals surface area contributed by atoms with Crippen LogP contribution in [-0.2, 0) is 9.53 Å². The molecule has 0 bridgehead atoms. The fourth-order valence-corrected chi connectivity index (χ4v) is 1.62. The third-order valence-corrected chi connectivity index (χ3v) is 2.38. The Morgan fingerprint density at radius 2 is 2.31 bits per heavy atom. The molecular formula is C10H18N2O4. The number of ether oxygens (including phenoxy) is 1. The lowest BCUT2D eigenvalue weighted by Crippen LogP contribution is -2.51. The zero-order valence-corrected chi connectivity index (χ0v) is 9.60. The van der Waals surface area contributed by atoms with Crippen LogP contribution in [0.3, 0.4) is 0 Å². The quantitative estimate of drug-likeness (QED) is 0.730. The summed E-state index contributed by atoms with van der Waals surface area (Å²) < 4.78 is 5.31. The topological polar surface area (TPSA) is 78.9 Å². The first-order chi connectivity index (χ1) is 7.49. The van der Waals surface area contributed by atoms with Crippen LogP contribution in [0.15, 0.2) is 0 Å². The summed E-state index contributed by atoms with van der Waals surface area (Å²) in [7, 11) is 0. The van der Waals surface area contributed by atoms with Crippen molar-refractivity contribution in [1.29, 1.82) is 0 Å². The van der Waals surface area contributed by atoms with Crippen molar-refractivity contribution in [3.63, 3.8) is 0 Å². The van der Waals surface area contributed by atoms with Gasteiger partial charge in [0.25, 0.3) is 0 Å². The Bertz CT molecular complexity index is 270. The van der Waals surface area contributed by atoms with E-state index in [2.05, 4.69) is 5.32 Å². The Labute approximate surface area is 94.6 Å². The van der Waals surface area contributed by atoms with E-state index < -0.39 is 5.97 Å². The molecule has 2 unspecified atom stereocenters. The van der Waals surface area contributed by atoms with Gasteiger partial charge in [-0.1, -0.05) is 0 Å². The molecule has 1 fully saturated rings. The van der Waals surface area contributed by atoms with Gasteiger partial charge < -0.3 is 20.1 Å². The molecule has 6 nitrogen and oxygen atoms in total. The summed E-state index contributed by atoms with van der Waals surface area (Å²) in [6, 6.07) is -0.577. The maximum Gasteiger partial charge on any atom is 0.317 e. The van der Waals surface area contributed by atoms with Crippen molar-refractivity contribution < 1.29 is 19.4 Å². The lowest BCUT2D eigenvalue weighted by molar-refractivity contribution is -0.137. The van der Waals surface area contributed by atoms with Gasteiger partial charge in [-0.25, -0.2) is 4.79 Å². The lowest BCUT2D eigenvalue weighted by atomic mass is 10.2. The Kier molecular flexibility index (Phi) is 4.54. The Morgan fingerprint density at radius 1 is 1.62 bits per heavy atom. The summed E-state index contributed by atoms with van der Waals surface area (Å²) in [4.78, 5) is 23.8. The van der Waals surface area contributed by atoms with Crippen molar-refractivity contribution in [1.82, 2.24) is 10.2 Å². The fraction of sp³-hybridized carbons (Fsp3) is 0.800. The Balaban J connectivity index is 2.36. The molecule has 2 amide bonds. The molecule has 0 aromatic heterocycles. The van der Waals surface area contributed by atoms with Crippen molar-refractivity contribution in [3.05, 3.63) is 0 Å². The highest BCUT2D eigenvalue weighted by Crippen LogP contribution is 2.05. The van der Waals surface area contributed by atoms with E-state index in [9.17, 15) is 9.59 Å². The minimum absolute atomic E-state index is 0.0364. The molecule has 1 aliphatic rings. The molecule has 1 rings (SSSR count). The van der Waals surface area contributed by atoms with Crippen LogP contribution >= 0.6 is 0 Å². The number of morpholine rings is 1. The van der Waals surface area contributed by atoms with Gasteiger partial charge in [0.05, 0.1) is 19.1 Å². The van der Waals surface area contributed by atoms with Gasteiger partial charge in [0, 0.05) is 19.1 Å². The molecule has 0 saturated carbocycles. The first kappa shape index (κ1) is 12.8. The van der Waals surface area contributed by atoms with Crippen LogP contribution in [0.5, 0.6) is 0 Å². The van der Waals surface area contributed by atoms with Gasteiger partial charge in [0.15, 0.2) is 0 Å². The third kappa shape index (κ3) is 4.06. The number of rotatable bonds is 3. The van der Waals surface area contributed by atoms with Gasteiger partial charge in [-0.05, 0) is 13.8 Å². The molecule has 1 heterocycles. The Morgan fingerprint density at radius 3 is 2.88 bits per heavy atom. The first-order valence-electron chi connectivity index (χ1n) is 5.38. The summed E-state index contributed by atoms with van der Waals surface area (Å²) in [5, 5.41) is 11.2. The van der Waals surface area contributed by atoms with E-state index in [0.29, 0.717) is 19.7 Å². The van der Waals surface area contributed by atoms with E-state index in [1.165, 1.54) is 0 Å². The highest BCUT2D eigenvalue weighted by Gasteiger charge is 2.22.